The fourth-order valence-electron chi connectivity index (χ4n) is 0.988. The molecule has 0 saturated heterocycles. The van der Waals surface area contributed by atoms with Crippen LogP contribution in [0.25, 0.3) is 0 Å². The highest BCUT2D eigenvalue weighted by Gasteiger charge is 2.19. The van der Waals surface area contributed by atoms with E-state index in [1.807, 2.05) is 0 Å². The van der Waals surface area contributed by atoms with Crippen LogP contribution in [0.2, 0.25) is 5.02 Å². The summed E-state index contributed by atoms with van der Waals surface area (Å²) in [4.78, 5) is 3.51. The molecule has 0 aromatic carbocycles. The first-order valence-corrected chi connectivity index (χ1v) is 4.58. The van der Waals surface area contributed by atoms with Gasteiger partial charge in [0.15, 0.2) is 0 Å². The Morgan fingerprint density at radius 2 is 2.21 bits per heavy atom. The van der Waals surface area contributed by atoms with Gasteiger partial charge in [-0.05, 0) is 0 Å². The van der Waals surface area contributed by atoms with Crippen molar-refractivity contribution in [1.82, 2.24) is 4.98 Å². The van der Waals surface area contributed by atoms with E-state index in [4.69, 9.17) is 27.9 Å². The molecular weight excluding hydrogens is 235 g/mol. The molecule has 0 spiro atoms. The molecule has 2 nitrogen and oxygen atoms in total. The molecule has 6 heteroatoms. The predicted molar refractivity (Wildman–Crippen MR) is 50.3 cm³/mol. The first-order chi connectivity index (χ1) is 6.61. The number of ether oxygens (including phenoxy) is 1. The summed E-state index contributed by atoms with van der Waals surface area (Å²) in [6.07, 6.45) is -1.49. The van der Waals surface area contributed by atoms with Gasteiger partial charge in [0, 0.05) is 11.8 Å². The van der Waals surface area contributed by atoms with E-state index in [2.05, 4.69) is 4.98 Å². The lowest BCUT2D eigenvalue weighted by atomic mass is 10.2. The maximum atomic E-state index is 12.3. The minimum atomic E-state index is -2.72. The highest BCUT2D eigenvalue weighted by atomic mass is 35.5. The second-order valence-corrected chi connectivity index (χ2v) is 3.10. The molecule has 0 unspecified atom stereocenters. The summed E-state index contributed by atoms with van der Waals surface area (Å²) in [5.74, 6) is 0.270. The van der Waals surface area contributed by atoms with Crippen LogP contribution in [0.3, 0.4) is 0 Å². The molecule has 0 atom stereocenters. The number of hydrogen-bond donors (Lipinski definition) is 0. The summed E-state index contributed by atoms with van der Waals surface area (Å²) >= 11 is 11.2. The lowest BCUT2D eigenvalue weighted by Crippen LogP contribution is -1.98. The van der Waals surface area contributed by atoms with E-state index in [-0.39, 0.29) is 16.7 Å². The summed E-state index contributed by atoms with van der Waals surface area (Å²) in [5.41, 5.74) is 0.000880. The van der Waals surface area contributed by atoms with Crippen LogP contribution in [-0.2, 0) is 5.88 Å². The normalized spacial score (nSPS) is 10.7. The molecule has 1 aromatic heterocycles. The second-order valence-electron chi connectivity index (χ2n) is 2.45. The fourth-order valence-corrected chi connectivity index (χ4v) is 1.51. The fraction of sp³-hybridized carbons (Fsp3) is 0.375. The minimum absolute atomic E-state index is 0.111. The van der Waals surface area contributed by atoms with Crippen molar-refractivity contribution >= 4 is 23.2 Å². The highest BCUT2D eigenvalue weighted by molar-refractivity contribution is 6.33. The third kappa shape index (κ3) is 2.07. The van der Waals surface area contributed by atoms with E-state index < -0.39 is 12.1 Å². The Hall–Kier alpha value is -0.610. The van der Waals surface area contributed by atoms with E-state index in [9.17, 15) is 8.78 Å². The van der Waals surface area contributed by atoms with E-state index in [0.717, 1.165) is 0 Å². The Morgan fingerprint density at radius 1 is 1.57 bits per heavy atom. The van der Waals surface area contributed by atoms with Gasteiger partial charge in [0.2, 0.25) is 0 Å². The van der Waals surface area contributed by atoms with E-state index in [1.165, 1.54) is 13.3 Å². The minimum Gasteiger partial charge on any atom is -0.495 e. The van der Waals surface area contributed by atoms with Crippen molar-refractivity contribution in [3.63, 3.8) is 0 Å². The van der Waals surface area contributed by atoms with Crippen LogP contribution in [0.1, 0.15) is 17.7 Å². The summed E-state index contributed by atoms with van der Waals surface area (Å²) in [6, 6.07) is 0. The number of halogens is 4. The number of pyridine rings is 1. The average Bonchev–Trinajstić information content (AvgIpc) is 2.16. The third-order valence-electron chi connectivity index (χ3n) is 1.63. The topological polar surface area (TPSA) is 22.1 Å². The maximum absolute atomic E-state index is 12.3. The van der Waals surface area contributed by atoms with E-state index >= 15 is 0 Å². The first-order valence-electron chi connectivity index (χ1n) is 3.67. The molecule has 0 aliphatic carbocycles. The molecule has 0 aliphatic rings. The molecule has 1 rings (SSSR count). The molecule has 0 saturated carbocycles. The van der Waals surface area contributed by atoms with Crippen molar-refractivity contribution in [3.05, 3.63) is 22.5 Å². The molecule has 0 bridgehead atoms. The van der Waals surface area contributed by atoms with Gasteiger partial charge in [-0.15, -0.1) is 11.6 Å². The number of alkyl halides is 3. The van der Waals surface area contributed by atoms with Gasteiger partial charge < -0.3 is 4.74 Å². The van der Waals surface area contributed by atoms with Gasteiger partial charge in [-0.2, -0.15) is 0 Å². The number of rotatable bonds is 3. The molecule has 0 amide bonds. The summed E-state index contributed by atoms with van der Waals surface area (Å²) in [7, 11) is 1.34. The molecule has 0 fully saturated rings. The molecule has 1 heterocycles. The van der Waals surface area contributed by atoms with Crippen molar-refractivity contribution in [3.8, 4) is 5.75 Å². The number of aromatic nitrogens is 1. The van der Waals surface area contributed by atoms with E-state index in [1.54, 1.807) is 0 Å². The predicted octanol–water partition coefficient (Wildman–Crippen LogP) is 3.42. The summed E-state index contributed by atoms with van der Waals surface area (Å²) < 4.78 is 29.6. The monoisotopic (exact) mass is 241 g/mol. The van der Waals surface area contributed by atoms with Gasteiger partial charge >= 0.3 is 0 Å². The molecule has 0 aliphatic heterocycles. The summed E-state index contributed by atoms with van der Waals surface area (Å²) in [6.45, 7) is 0. The van der Waals surface area contributed by atoms with Crippen LogP contribution in [0, 0.1) is 0 Å². The Morgan fingerprint density at radius 3 is 2.64 bits per heavy atom. The Kier molecular flexibility index (Phi) is 3.89. The second kappa shape index (κ2) is 4.75. The third-order valence-corrected chi connectivity index (χ3v) is 2.28. The zero-order valence-corrected chi connectivity index (χ0v) is 8.74. The Bertz CT molecular complexity index is 333. The quantitative estimate of drug-likeness (QED) is 0.757. The van der Waals surface area contributed by atoms with Gasteiger partial charge in [0.25, 0.3) is 6.43 Å². The smallest absolute Gasteiger partial charge is 0.281 e. The number of methoxy groups -OCH3 is 1. The van der Waals surface area contributed by atoms with Crippen LogP contribution in [0.5, 0.6) is 5.75 Å². The molecule has 0 radical (unpaired) electrons. The van der Waals surface area contributed by atoms with Crippen LogP contribution < -0.4 is 4.74 Å². The van der Waals surface area contributed by atoms with Crippen LogP contribution in [0.4, 0.5) is 8.78 Å². The van der Waals surface area contributed by atoms with Gasteiger partial charge in [-0.1, -0.05) is 11.6 Å². The standard InChI is InChI=1S/C8H7Cl2F2NO/c1-14-7-4(2-9)3-13-6(5(7)10)8(11)12/h3,8H,2H2,1H3. The van der Waals surface area contributed by atoms with Gasteiger partial charge in [-0.25, -0.2) is 8.78 Å². The number of nitrogens with zero attached hydrogens (tertiary/aromatic N) is 1. The highest BCUT2D eigenvalue weighted by Crippen LogP contribution is 2.35. The van der Waals surface area contributed by atoms with Crippen LogP contribution in [0.15, 0.2) is 6.20 Å². The molecule has 1 aromatic rings. The Balaban J connectivity index is 3.27. The average molecular weight is 242 g/mol. The first kappa shape index (κ1) is 11.5. The van der Waals surface area contributed by atoms with Crippen molar-refractivity contribution < 1.29 is 13.5 Å². The van der Waals surface area contributed by atoms with Gasteiger partial charge in [0.05, 0.1) is 13.0 Å². The lowest BCUT2D eigenvalue weighted by Gasteiger charge is -2.10. The van der Waals surface area contributed by atoms with Crippen molar-refractivity contribution in [2.24, 2.45) is 0 Å². The summed E-state index contributed by atoms with van der Waals surface area (Å²) in [5, 5.41) is -0.180. The van der Waals surface area contributed by atoms with Crippen molar-refractivity contribution in [1.29, 1.82) is 0 Å². The largest absolute Gasteiger partial charge is 0.495 e. The van der Waals surface area contributed by atoms with Crippen molar-refractivity contribution in [2.75, 3.05) is 7.11 Å². The van der Waals surface area contributed by atoms with Gasteiger partial charge in [0.1, 0.15) is 16.5 Å². The molecule has 78 valence electrons. The SMILES string of the molecule is COc1c(CCl)cnc(C(F)F)c1Cl. The lowest BCUT2D eigenvalue weighted by molar-refractivity contribution is 0.145. The van der Waals surface area contributed by atoms with Crippen LogP contribution in [-0.4, -0.2) is 12.1 Å². The van der Waals surface area contributed by atoms with E-state index in [0.29, 0.717) is 5.56 Å². The zero-order chi connectivity index (χ0) is 10.7. The maximum Gasteiger partial charge on any atom is 0.281 e. The molecule has 14 heavy (non-hydrogen) atoms. The van der Waals surface area contributed by atoms with Crippen molar-refractivity contribution in [2.45, 2.75) is 12.3 Å². The Labute approximate surface area is 89.8 Å². The zero-order valence-electron chi connectivity index (χ0n) is 7.23. The van der Waals surface area contributed by atoms with Gasteiger partial charge in [-0.3, -0.25) is 4.98 Å². The number of hydrogen-bond acceptors (Lipinski definition) is 2. The molecular formula is C8H7Cl2F2NO. The molecule has 0 N–H and O–H groups in total. The van der Waals surface area contributed by atoms with Crippen LogP contribution >= 0.6 is 23.2 Å².